The monoisotopic (exact) mass is 389 g/mol. The van der Waals surface area contributed by atoms with E-state index in [9.17, 15) is 8.42 Å². The maximum absolute atomic E-state index is 12.5. The van der Waals surface area contributed by atoms with Crippen LogP contribution in [-0.2, 0) is 10.0 Å². The third-order valence-corrected chi connectivity index (χ3v) is 6.75. The third kappa shape index (κ3) is 2.99. The van der Waals surface area contributed by atoms with E-state index in [0.717, 1.165) is 11.5 Å². The average molecular weight is 391 g/mol. The molecular weight excluding hydrogens is 381 g/mol. The van der Waals surface area contributed by atoms with Crippen molar-refractivity contribution in [3.05, 3.63) is 26.7 Å². The number of sulfonamides is 1. The van der Waals surface area contributed by atoms with Crippen LogP contribution in [-0.4, -0.2) is 37.3 Å². The minimum absolute atomic E-state index is 0.000864. The zero-order chi connectivity index (χ0) is 13.3. The van der Waals surface area contributed by atoms with Gasteiger partial charge in [0.2, 0.25) is 10.0 Å². The molecule has 0 saturated carbocycles. The van der Waals surface area contributed by atoms with Gasteiger partial charge in [-0.15, -0.1) is 0 Å². The van der Waals surface area contributed by atoms with Crippen LogP contribution in [0.2, 0.25) is 10.0 Å². The number of benzene rings is 1. The molecule has 0 aromatic heterocycles. The lowest BCUT2D eigenvalue weighted by Crippen LogP contribution is -2.38. The zero-order valence-corrected chi connectivity index (χ0v) is 13.9. The largest absolute Gasteiger partial charge is 0.246 e. The van der Waals surface area contributed by atoms with Crippen LogP contribution in [0.1, 0.15) is 0 Å². The molecule has 0 amide bonds. The second-order valence-corrected chi connectivity index (χ2v) is 8.54. The van der Waals surface area contributed by atoms with Crippen LogP contribution in [0.25, 0.3) is 0 Å². The lowest BCUT2D eigenvalue weighted by atomic mass is 10.4. The Balaban J connectivity index is 2.47. The summed E-state index contributed by atoms with van der Waals surface area (Å²) in [5.74, 6) is 1.59. The fourth-order valence-corrected chi connectivity index (χ4v) is 6.15. The predicted octanol–water partition coefficient (Wildman–Crippen LogP) is 3.49. The number of halogens is 3. The Morgan fingerprint density at radius 2 is 1.67 bits per heavy atom. The van der Waals surface area contributed by atoms with Crippen molar-refractivity contribution < 1.29 is 8.42 Å². The van der Waals surface area contributed by atoms with Gasteiger partial charge in [0.15, 0.2) is 0 Å². The van der Waals surface area contributed by atoms with Gasteiger partial charge < -0.3 is 0 Å². The molecule has 0 unspecified atom stereocenters. The number of rotatable bonds is 2. The molecule has 0 atom stereocenters. The quantitative estimate of drug-likeness (QED) is 0.775. The summed E-state index contributed by atoms with van der Waals surface area (Å²) in [4.78, 5) is 0.000864. The van der Waals surface area contributed by atoms with Crippen molar-refractivity contribution in [2.75, 3.05) is 24.6 Å². The molecule has 1 heterocycles. The molecule has 3 nitrogen and oxygen atoms in total. The molecular formula is C10H10BrCl2NO2S2. The van der Waals surface area contributed by atoms with E-state index >= 15 is 0 Å². The number of thioether (sulfide) groups is 1. The standard InChI is InChI=1S/C10H10BrCl2NO2S2/c11-7-5-8(12)10(9(13)6-7)18(15,16)14-1-3-17-4-2-14/h5-6H,1-4H2. The maximum atomic E-state index is 12.5. The van der Waals surface area contributed by atoms with Gasteiger partial charge in [-0.1, -0.05) is 39.1 Å². The summed E-state index contributed by atoms with van der Waals surface area (Å²) in [5.41, 5.74) is 0. The van der Waals surface area contributed by atoms with Crippen LogP contribution < -0.4 is 0 Å². The molecule has 1 aromatic rings. The van der Waals surface area contributed by atoms with Crippen LogP contribution >= 0.6 is 50.9 Å². The summed E-state index contributed by atoms with van der Waals surface area (Å²) >= 11 is 17.0. The summed E-state index contributed by atoms with van der Waals surface area (Å²) in [6.45, 7) is 0.992. The molecule has 1 aliphatic rings. The van der Waals surface area contributed by atoms with Crippen molar-refractivity contribution >= 4 is 60.9 Å². The molecule has 0 radical (unpaired) electrons. The van der Waals surface area contributed by atoms with Crippen molar-refractivity contribution in [2.45, 2.75) is 4.90 Å². The van der Waals surface area contributed by atoms with Crippen molar-refractivity contribution in [1.82, 2.24) is 4.31 Å². The molecule has 1 saturated heterocycles. The molecule has 1 fully saturated rings. The molecule has 0 spiro atoms. The summed E-state index contributed by atoms with van der Waals surface area (Å²) in [6.07, 6.45) is 0. The van der Waals surface area contributed by atoms with Crippen LogP contribution in [0, 0.1) is 0 Å². The molecule has 1 aromatic carbocycles. The minimum Gasteiger partial charge on any atom is -0.207 e. The van der Waals surface area contributed by atoms with Crippen LogP contribution in [0.15, 0.2) is 21.5 Å². The topological polar surface area (TPSA) is 37.4 Å². The van der Waals surface area contributed by atoms with Crippen LogP contribution in [0.5, 0.6) is 0 Å². The summed E-state index contributed by atoms with van der Waals surface area (Å²) in [6, 6.07) is 3.08. The third-order valence-electron chi connectivity index (χ3n) is 2.53. The van der Waals surface area contributed by atoms with E-state index in [0.29, 0.717) is 17.6 Å². The Hall–Kier alpha value is 0.540. The first-order valence-corrected chi connectivity index (χ1v) is 9.30. The molecule has 1 aliphatic heterocycles. The van der Waals surface area contributed by atoms with E-state index in [2.05, 4.69) is 15.9 Å². The smallest absolute Gasteiger partial charge is 0.207 e. The molecule has 2 rings (SSSR count). The molecule has 0 aliphatic carbocycles. The van der Waals surface area contributed by atoms with Crippen molar-refractivity contribution in [1.29, 1.82) is 0 Å². The van der Waals surface area contributed by atoms with E-state index in [1.807, 2.05) is 0 Å². The Morgan fingerprint density at radius 1 is 1.17 bits per heavy atom. The van der Waals surface area contributed by atoms with Crippen molar-refractivity contribution in [3.63, 3.8) is 0 Å². The molecule has 0 N–H and O–H groups in total. The first kappa shape index (κ1) is 14.9. The van der Waals surface area contributed by atoms with Gasteiger partial charge in [-0.3, -0.25) is 0 Å². The highest BCUT2D eigenvalue weighted by molar-refractivity contribution is 9.10. The normalized spacial score (nSPS) is 17.9. The lowest BCUT2D eigenvalue weighted by Gasteiger charge is -2.26. The van der Waals surface area contributed by atoms with Crippen LogP contribution in [0.3, 0.4) is 0 Å². The van der Waals surface area contributed by atoms with Gasteiger partial charge in [-0.05, 0) is 12.1 Å². The van der Waals surface area contributed by atoms with Gasteiger partial charge in [0.05, 0.1) is 10.0 Å². The van der Waals surface area contributed by atoms with Gasteiger partial charge in [0.25, 0.3) is 0 Å². The predicted molar refractivity (Wildman–Crippen MR) is 80.2 cm³/mol. The Labute approximate surface area is 129 Å². The second-order valence-electron chi connectivity index (χ2n) is 3.72. The van der Waals surface area contributed by atoms with Crippen molar-refractivity contribution in [2.24, 2.45) is 0 Å². The first-order valence-electron chi connectivity index (χ1n) is 5.15. The van der Waals surface area contributed by atoms with E-state index in [-0.39, 0.29) is 14.9 Å². The summed E-state index contributed by atoms with van der Waals surface area (Å²) in [5, 5.41) is 0.292. The molecule has 18 heavy (non-hydrogen) atoms. The van der Waals surface area contributed by atoms with Crippen molar-refractivity contribution in [3.8, 4) is 0 Å². The molecule has 8 heteroatoms. The highest BCUT2D eigenvalue weighted by atomic mass is 79.9. The Bertz CT molecular complexity index is 536. The zero-order valence-electron chi connectivity index (χ0n) is 9.20. The highest BCUT2D eigenvalue weighted by Crippen LogP contribution is 2.35. The van der Waals surface area contributed by atoms with Gasteiger partial charge in [0.1, 0.15) is 4.90 Å². The van der Waals surface area contributed by atoms with Gasteiger partial charge >= 0.3 is 0 Å². The Kier molecular flexibility index (Phi) is 4.89. The molecule has 0 bridgehead atoms. The van der Waals surface area contributed by atoms with Gasteiger partial charge in [0, 0.05) is 29.1 Å². The van der Waals surface area contributed by atoms with Gasteiger partial charge in [-0.25, -0.2) is 8.42 Å². The van der Waals surface area contributed by atoms with E-state index in [4.69, 9.17) is 23.2 Å². The average Bonchev–Trinajstić information content (AvgIpc) is 2.28. The summed E-state index contributed by atoms with van der Waals surface area (Å²) in [7, 11) is -3.60. The first-order chi connectivity index (χ1) is 8.43. The molecule has 100 valence electrons. The fourth-order valence-electron chi connectivity index (χ4n) is 1.69. The van der Waals surface area contributed by atoms with Gasteiger partial charge in [-0.2, -0.15) is 16.1 Å². The number of hydrogen-bond acceptors (Lipinski definition) is 3. The minimum atomic E-state index is -3.60. The highest BCUT2D eigenvalue weighted by Gasteiger charge is 2.30. The number of hydrogen-bond donors (Lipinski definition) is 0. The van der Waals surface area contributed by atoms with E-state index < -0.39 is 10.0 Å². The lowest BCUT2D eigenvalue weighted by molar-refractivity contribution is 0.443. The second kappa shape index (κ2) is 5.89. The van der Waals surface area contributed by atoms with E-state index in [1.165, 1.54) is 4.31 Å². The fraction of sp³-hybridized carbons (Fsp3) is 0.400. The van der Waals surface area contributed by atoms with E-state index in [1.54, 1.807) is 23.9 Å². The number of nitrogens with zero attached hydrogens (tertiary/aromatic N) is 1. The maximum Gasteiger partial charge on any atom is 0.246 e. The summed E-state index contributed by atoms with van der Waals surface area (Å²) < 4.78 is 27.0. The SMILES string of the molecule is O=S(=O)(c1c(Cl)cc(Br)cc1Cl)N1CCSCC1. The Morgan fingerprint density at radius 3 is 2.17 bits per heavy atom. The van der Waals surface area contributed by atoms with Crippen LogP contribution in [0.4, 0.5) is 0 Å².